The molecule has 0 radical (unpaired) electrons. The van der Waals surface area contributed by atoms with Crippen LogP contribution in [0.2, 0.25) is 5.02 Å². The fourth-order valence-electron chi connectivity index (χ4n) is 2.57. The third-order valence-corrected chi connectivity index (χ3v) is 4.22. The number of hydrogen-bond donors (Lipinski definition) is 0. The molecule has 21 heavy (non-hydrogen) atoms. The molecule has 2 rings (SSSR count). The van der Waals surface area contributed by atoms with Gasteiger partial charge >= 0.3 is 0 Å². The van der Waals surface area contributed by atoms with Crippen LogP contribution >= 0.6 is 11.6 Å². The molecule has 1 aliphatic heterocycles. The number of halogens is 1. The van der Waals surface area contributed by atoms with Crippen molar-refractivity contribution in [3.8, 4) is 0 Å². The minimum atomic E-state index is -0.0622. The molecular weight excluding hydrogens is 290 g/mol. The third kappa shape index (κ3) is 3.29. The van der Waals surface area contributed by atoms with Gasteiger partial charge in [0.1, 0.15) is 0 Å². The number of hydrogen-bond acceptors (Lipinski definition) is 3. The van der Waals surface area contributed by atoms with Gasteiger partial charge in [0.25, 0.3) is 0 Å². The standard InChI is InChI=1S/C15H20ClN3O2/c1-11-9-18(10-20)6-7-19(11)13-4-5-14(16)15(8-13)17(3)12(2)21/h4-5,8,10-11H,6-7,9H2,1-3H3/t11-/m0/s1. The third-order valence-electron chi connectivity index (χ3n) is 3.90. The van der Waals surface area contributed by atoms with Crippen LogP contribution in [0.3, 0.4) is 0 Å². The predicted octanol–water partition coefficient (Wildman–Crippen LogP) is 1.99. The van der Waals surface area contributed by atoms with Gasteiger partial charge in [-0.25, -0.2) is 0 Å². The van der Waals surface area contributed by atoms with Crippen molar-refractivity contribution in [3.05, 3.63) is 23.2 Å². The van der Waals surface area contributed by atoms with Crippen molar-refractivity contribution < 1.29 is 9.59 Å². The number of carbonyl (C=O) groups excluding carboxylic acids is 2. The predicted molar refractivity (Wildman–Crippen MR) is 85.0 cm³/mol. The summed E-state index contributed by atoms with van der Waals surface area (Å²) in [6.45, 7) is 5.76. The summed E-state index contributed by atoms with van der Waals surface area (Å²) in [6, 6.07) is 5.91. The van der Waals surface area contributed by atoms with Crippen LogP contribution in [-0.4, -0.2) is 49.9 Å². The van der Waals surface area contributed by atoms with Gasteiger partial charge in [0.2, 0.25) is 12.3 Å². The van der Waals surface area contributed by atoms with E-state index < -0.39 is 0 Å². The van der Waals surface area contributed by atoms with Crippen LogP contribution in [0.1, 0.15) is 13.8 Å². The quantitative estimate of drug-likeness (QED) is 0.802. The Balaban J connectivity index is 2.27. The molecule has 1 aromatic rings. The van der Waals surface area contributed by atoms with E-state index in [0.717, 1.165) is 18.6 Å². The highest BCUT2D eigenvalue weighted by Crippen LogP contribution is 2.31. The van der Waals surface area contributed by atoms with Crippen molar-refractivity contribution in [1.29, 1.82) is 0 Å². The molecule has 1 heterocycles. The van der Waals surface area contributed by atoms with Gasteiger partial charge in [-0.05, 0) is 25.1 Å². The van der Waals surface area contributed by atoms with Gasteiger partial charge in [0, 0.05) is 45.3 Å². The maximum Gasteiger partial charge on any atom is 0.223 e. The first-order valence-corrected chi connectivity index (χ1v) is 7.31. The Kier molecular flexibility index (Phi) is 4.73. The van der Waals surface area contributed by atoms with Crippen molar-refractivity contribution in [2.24, 2.45) is 0 Å². The largest absolute Gasteiger partial charge is 0.365 e. The van der Waals surface area contributed by atoms with Gasteiger partial charge in [0.15, 0.2) is 0 Å². The highest BCUT2D eigenvalue weighted by Gasteiger charge is 2.24. The lowest BCUT2D eigenvalue weighted by Crippen LogP contribution is -2.51. The summed E-state index contributed by atoms with van der Waals surface area (Å²) in [5.74, 6) is -0.0622. The molecule has 0 unspecified atom stereocenters. The molecule has 5 nitrogen and oxygen atoms in total. The molecule has 0 spiro atoms. The molecule has 0 N–H and O–H groups in total. The van der Waals surface area contributed by atoms with Crippen molar-refractivity contribution in [2.45, 2.75) is 19.9 Å². The van der Waals surface area contributed by atoms with Crippen LogP contribution in [0, 0.1) is 0 Å². The van der Waals surface area contributed by atoms with Crippen molar-refractivity contribution >= 4 is 35.3 Å². The second-order valence-electron chi connectivity index (χ2n) is 5.36. The molecule has 1 aliphatic rings. The Morgan fingerprint density at radius 1 is 1.43 bits per heavy atom. The highest BCUT2D eigenvalue weighted by atomic mass is 35.5. The van der Waals surface area contributed by atoms with Gasteiger partial charge in [-0.1, -0.05) is 11.6 Å². The Morgan fingerprint density at radius 2 is 2.14 bits per heavy atom. The lowest BCUT2D eigenvalue weighted by molar-refractivity contribution is -0.119. The lowest BCUT2D eigenvalue weighted by Gasteiger charge is -2.40. The molecule has 1 atom stereocenters. The molecule has 6 heteroatoms. The average molecular weight is 310 g/mol. The first kappa shape index (κ1) is 15.6. The summed E-state index contributed by atoms with van der Waals surface area (Å²) in [6.07, 6.45) is 0.894. The van der Waals surface area contributed by atoms with Gasteiger partial charge in [0.05, 0.1) is 10.7 Å². The molecule has 2 amide bonds. The zero-order chi connectivity index (χ0) is 15.6. The van der Waals surface area contributed by atoms with Crippen LogP contribution in [0.5, 0.6) is 0 Å². The highest BCUT2D eigenvalue weighted by molar-refractivity contribution is 6.33. The van der Waals surface area contributed by atoms with Crippen LogP contribution in [-0.2, 0) is 9.59 Å². The molecule has 114 valence electrons. The van der Waals surface area contributed by atoms with Gasteiger partial charge in [-0.2, -0.15) is 0 Å². The SMILES string of the molecule is CC(=O)N(C)c1cc(N2CCN(C=O)C[C@@H]2C)ccc1Cl. The van der Waals surface area contributed by atoms with Crippen molar-refractivity contribution in [2.75, 3.05) is 36.5 Å². The minimum Gasteiger partial charge on any atom is -0.365 e. The Hall–Kier alpha value is -1.75. The first-order chi connectivity index (χ1) is 9.93. The van der Waals surface area contributed by atoms with Gasteiger partial charge in [-0.3, -0.25) is 9.59 Å². The van der Waals surface area contributed by atoms with E-state index in [-0.39, 0.29) is 11.9 Å². The molecule has 0 bridgehead atoms. The second-order valence-corrected chi connectivity index (χ2v) is 5.76. The summed E-state index contributed by atoms with van der Waals surface area (Å²) >= 11 is 6.19. The monoisotopic (exact) mass is 309 g/mol. The molecule has 0 aliphatic carbocycles. The van der Waals surface area contributed by atoms with Gasteiger partial charge in [-0.15, -0.1) is 0 Å². The zero-order valence-electron chi connectivity index (χ0n) is 12.5. The van der Waals surface area contributed by atoms with Crippen molar-refractivity contribution in [3.63, 3.8) is 0 Å². The van der Waals surface area contributed by atoms with Crippen LogP contribution in [0.15, 0.2) is 18.2 Å². The summed E-state index contributed by atoms with van der Waals surface area (Å²) in [5.41, 5.74) is 1.72. The summed E-state index contributed by atoms with van der Waals surface area (Å²) in [4.78, 5) is 27.9. The summed E-state index contributed by atoms with van der Waals surface area (Å²) in [5, 5.41) is 0.552. The first-order valence-electron chi connectivity index (χ1n) is 6.94. The normalized spacial score (nSPS) is 18.6. The molecule has 1 fully saturated rings. The van der Waals surface area contributed by atoms with E-state index in [4.69, 9.17) is 11.6 Å². The molecule has 1 saturated heterocycles. The number of carbonyl (C=O) groups is 2. The summed E-state index contributed by atoms with van der Waals surface area (Å²) < 4.78 is 0. The molecule has 1 aromatic carbocycles. The number of amides is 2. The number of nitrogens with zero attached hydrogens (tertiary/aromatic N) is 3. The van der Waals surface area contributed by atoms with E-state index in [9.17, 15) is 9.59 Å². The maximum atomic E-state index is 11.5. The topological polar surface area (TPSA) is 43.9 Å². The summed E-state index contributed by atoms with van der Waals surface area (Å²) in [7, 11) is 1.71. The van der Waals surface area contributed by atoms with E-state index in [2.05, 4.69) is 11.8 Å². The second kappa shape index (κ2) is 6.35. The fourth-order valence-corrected chi connectivity index (χ4v) is 2.82. The van der Waals surface area contributed by atoms with E-state index in [1.165, 1.54) is 11.8 Å². The van der Waals surface area contributed by atoms with E-state index >= 15 is 0 Å². The Morgan fingerprint density at radius 3 is 2.71 bits per heavy atom. The Labute approximate surface area is 130 Å². The number of anilines is 2. The van der Waals surface area contributed by atoms with Gasteiger partial charge < -0.3 is 14.7 Å². The molecular formula is C15H20ClN3O2. The van der Waals surface area contributed by atoms with Crippen LogP contribution in [0.4, 0.5) is 11.4 Å². The minimum absolute atomic E-state index is 0.0622. The smallest absolute Gasteiger partial charge is 0.223 e. The van der Waals surface area contributed by atoms with E-state index in [1.807, 2.05) is 18.2 Å². The number of rotatable bonds is 3. The maximum absolute atomic E-state index is 11.5. The lowest BCUT2D eigenvalue weighted by atomic mass is 10.1. The molecule has 0 aromatic heterocycles. The number of piperazine rings is 1. The van der Waals surface area contributed by atoms with Crippen LogP contribution < -0.4 is 9.80 Å². The number of benzene rings is 1. The molecule has 0 saturated carbocycles. The Bertz CT molecular complexity index is 550. The van der Waals surface area contributed by atoms with Crippen LogP contribution in [0.25, 0.3) is 0 Å². The zero-order valence-corrected chi connectivity index (χ0v) is 13.3. The van der Waals surface area contributed by atoms with Crippen molar-refractivity contribution in [1.82, 2.24) is 4.90 Å². The average Bonchev–Trinajstić information content (AvgIpc) is 2.47. The van der Waals surface area contributed by atoms with E-state index in [0.29, 0.717) is 23.8 Å². The van der Waals surface area contributed by atoms with E-state index in [1.54, 1.807) is 11.9 Å². The fraction of sp³-hybridized carbons (Fsp3) is 0.467.